The van der Waals surface area contributed by atoms with E-state index in [2.05, 4.69) is 10.6 Å². The molecule has 0 bridgehead atoms. The van der Waals surface area contributed by atoms with Gasteiger partial charge in [0.05, 0.1) is 12.5 Å². The highest BCUT2D eigenvalue weighted by Crippen LogP contribution is 2.26. The molecule has 1 aromatic heterocycles. The van der Waals surface area contributed by atoms with Crippen LogP contribution in [0.15, 0.2) is 41.8 Å². The zero-order valence-electron chi connectivity index (χ0n) is 13.8. The zero-order chi connectivity index (χ0) is 18.9. The lowest BCUT2D eigenvalue weighted by Crippen LogP contribution is -2.47. The summed E-state index contributed by atoms with van der Waals surface area (Å²) in [5.41, 5.74) is 0.911. The van der Waals surface area contributed by atoms with E-state index < -0.39 is 23.8 Å². The number of carbonyl (C=O) groups excluding carboxylic acids is 2. The number of nitrogens with zero attached hydrogens (tertiary/aromatic N) is 1. The maximum absolute atomic E-state index is 12.4. The number of nitriles is 1. The number of carbonyl (C=O) groups is 3. The summed E-state index contributed by atoms with van der Waals surface area (Å²) in [7, 11) is 0. The van der Waals surface area contributed by atoms with E-state index in [1.165, 1.54) is 0 Å². The summed E-state index contributed by atoms with van der Waals surface area (Å²) >= 11 is 1.54. The van der Waals surface area contributed by atoms with Gasteiger partial charge in [-0.3, -0.25) is 9.59 Å². The fourth-order valence-electron chi connectivity index (χ4n) is 2.35. The molecule has 0 aliphatic rings. The molecule has 0 spiro atoms. The first kappa shape index (κ1) is 19.1. The van der Waals surface area contributed by atoms with Crippen LogP contribution in [0.3, 0.4) is 0 Å². The number of hydrogen-bond acceptors (Lipinski definition) is 5. The van der Waals surface area contributed by atoms with Crippen molar-refractivity contribution in [2.45, 2.75) is 18.9 Å². The van der Waals surface area contributed by atoms with Gasteiger partial charge in [0.1, 0.15) is 6.04 Å². The van der Waals surface area contributed by atoms with Crippen LogP contribution in [-0.2, 0) is 20.8 Å². The predicted octanol–water partition coefficient (Wildman–Crippen LogP) is 1.60. The van der Waals surface area contributed by atoms with Gasteiger partial charge in [-0.25, -0.2) is 4.79 Å². The van der Waals surface area contributed by atoms with Crippen molar-refractivity contribution in [2.24, 2.45) is 0 Å². The second-order valence-electron chi connectivity index (χ2n) is 5.39. The van der Waals surface area contributed by atoms with Crippen LogP contribution in [0.2, 0.25) is 0 Å². The molecule has 0 radical (unpaired) electrons. The minimum absolute atomic E-state index is 0.159. The average molecular weight is 371 g/mol. The molecular weight excluding hydrogens is 354 g/mol. The third-order valence-electron chi connectivity index (χ3n) is 3.53. The molecule has 0 saturated carbocycles. The number of aliphatic carboxylic acids is 1. The van der Waals surface area contributed by atoms with Gasteiger partial charge in [0.25, 0.3) is 0 Å². The van der Waals surface area contributed by atoms with E-state index in [-0.39, 0.29) is 19.4 Å². The Morgan fingerprint density at radius 1 is 1.27 bits per heavy atom. The molecule has 7 nitrogen and oxygen atoms in total. The minimum atomic E-state index is -1.25. The van der Waals surface area contributed by atoms with Crippen molar-refractivity contribution in [1.29, 1.82) is 5.26 Å². The maximum atomic E-state index is 12.4. The Morgan fingerprint density at radius 2 is 2.04 bits per heavy atom. The summed E-state index contributed by atoms with van der Waals surface area (Å²) in [6.07, 6.45) is 1.99. The molecule has 0 aliphatic heterocycles. The van der Waals surface area contributed by atoms with Gasteiger partial charge in [0, 0.05) is 29.8 Å². The Hall–Kier alpha value is -3.18. The van der Waals surface area contributed by atoms with Crippen molar-refractivity contribution in [1.82, 2.24) is 10.6 Å². The largest absolute Gasteiger partial charge is 0.478 e. The molecule has 3 N–H and O–H groups in total. The van der Waals surface area contributed by atoms with Crippen LogP contribution in [-0.4, -0.2) is 35.5 Å². The number of hydrogen-bond donors (Lipinski definition) is 3. The van der Waals surface area contributed by atoms with Gasteiger partial charge in [-0.05, 0) is 22.4 Å². The molecule has 0 saturated heterocycles. The lowest BCUT2D eigenvalue weighted by atomic mass is 10.0. The SMILES string of the molecule is N#CCCNC(=O)C(Cc1csc2ccccc12)NC(=O)C=CC(=O)O. The maximum Gasteiger partial charge on any atom is 0.328 e. The molecule has 1 atom stereocenters. The number of rotatable bonds is 8. The molecule has 2 rings (SSSR count). The second-order valence-corrected chi connectivity index (χ2v) is 6.30. The van der Waals surface area contributed by atoms with Crippen LogP contribution in [0.4, 0.5) is 0 Å². The molecule has 2 aromatic rings. The summed E-state index contributed by atoms with van der Waals surface area (Å²) in [5.74, 6) is -2.35. The molecule has 134 valence electrons. The summed E-state index contributed by atoms with van der Waals surface area (Å²) in [6, 6.07) is 8.79. The fraction of sp³-hybridized carbons (Fsp3) is 0.222. The summed E-state index contributed by atoms with van der Waals surface area (Å²) < 4.78 is 1.07. The summed E-state index contributed by atoms with van der Waals surface area (Å²) in [5, 5.41) is 25.2. The molecule has 8 heteroatoms. The number of nitrogens with one attached hydrogen (secondary N) is 2. The minimum Gasteiger partial charge on any atom is -0.478 e. The lowest BCUT2D eigenvalue weighted by molar-refractivity contribution is -0.131. The monoisotopic (exact) mass is 371 g/mol. The van der Waals surface area contributed by atoms with Crippen LogP contribution in [0.25, 0.3) is 10.1 Å². The molecular formula is C18H17N3O4S. The van der Waals surface area contributed by atoms with Crippen molar-refractivity contribution >= 4 is 39.2 Å². The van der Waals surface area contributed by atoms with Crippen molar-refractivity contribution < 1.29 is 19.5 Å². The summed E-state index contributed by atoms with van der Waals surface area (Å²) in [6.45, 7) is 0.178. The van der Waals surface area contributed by atoms with Gasteiger partial charge in [-0.15, -0.1) is 11.3 Å². The molecule has 0 aliphatic carbocycles. The van der Waals surface area contributed by atoms with E-state index in [0.717, 1.165) is 21.7 Å². The average Bonchev–Trinajstić information content (AvgIpc) is 3.02. The third kappa shape index (κ3) is 5.43. The molecule has 0 fully saturated rings. The van der Waals surface area contributed by atoms with Crippen LogP contribution < -0.4 is 10.6 Å². The first-order valence-corrected chi connectivity index (χ1v) is 8.70. The number of carboxylic acids is 1. The van der Waals surface area contributed by atoms with Crippen molar-refractivity contribution in [2.75, 3.05) is 6.54 Å². The van der Waals surface area contributed by atoms with Gasteiger partial charge in [-0.2, -0.15) is 5.26 Å². The fourth-order valence-corrected chi connectivity index (χ4v) is 3.33. The normalized spacial score (nSPS) is 11.8. The van der Waals surface area contributed by atoms with Gasteiger partial charge >= 0.3 is 5.97 Å². The smallest absolute Gasteiger partial charge is 0.328 e. The Balaban J connectivity index is 2.16. The lowest BCUT2D eigenvalue weighted by Gasteiger charge is -2.17. The second kappa shape index (κ2) is 9.34. The standard InChI is InChI=1S/C18H17N3O4S/c19-8-3-9-20-18(25)14(21-16(22)6-7-17(23)24)10-12-11-26-15-5-2-1-4-13(12)15/h1-2,4-7,11,14H,3,9-10H2,(H,20,25)(H,21,22)(H,23,24). The number of thiophene rings is 1. The van der Waals surface area contributed by atoms with Gasteiger partial charge in [0.2, 0.25) is 11.8 Å². The predicted molar refractivity (Wildman–Crippen MR) is 97.5 cm³/mol. The number of benzene rings is 1. The van der Waals surface area contributed by atoms with E-state index in [1.807, 2.05) is 35.7 Å². The Morgan fingerprint density at radius 3 is 2.77 bits per heavy atom. The van der Waals surface area contributed by atoms with Crippen molar-refractivity contribution in [3.63, 3.8) is 0 Å². The molecule has 1 aromatic carbocycles. The van der Waals surface area contributed by atoms with Crippen LogP contribution in [0, 0.1) is 11.3 Å². The number of carboxylic acid groups (broad SMARTS) is 1. The highest BCUT2D eigenvalue weighted by atomic mass is 32.1. The quantitative estimate of drug-likeness (QED) is 0.481. The Kier molecular flexibility index (Phi) is 6.88. The summed E-state index contributed by atoms with van der Waals surface area (Å²) in [4.78, 5) is 34.8. The highest BCUT2D eigenvalue weighted by Gasteiger charge is 2.21. The molecule has 26 heavy (non-hydrogen) atoms. The number of fused-ring (bicyclic) bond motifs is 1. The van der Waals surface area contributed by atoms with Gasteiger partial charge in [0.15, 0.2) is 0 Å². The van der Waals surface area contributed by atoms with E-state index in [9.17, 15) is 14.4 Å². The Labute approximate surface area is 153 Å². The van der Waals surface area contributed by atoms with E-state index in [1.54, 1.807) is 11.3 Å². The Bertz CT molecular complexity index is 882. The molecule has 2 amide bonds. The number of amides is 2. The zero-order valence-corrected chi connectivity index (χ0v) is 14.6. The molecule has 1 unspecified atom stereocenters. The van der Waals surface area contributed by atoms with E-state index in [4.69, 9.17) is 10.4 Å². The van der Waals surface area contributed by atoms with E-state index in [0.29, 0.717) is 6.08 Å². The van der Waals surface area contributed by atoms with Gasteiger partial charge in [-0.1, -0.05) is 18.2 Å². The topological polar surface area (TPSA) is 119 Å². The van der Waals surface area contributed by atoms with Crippen LogP contribution in [0.5, 0.6) is 0 Å². The van der Waals surface area contributed by atoms with Crippen molar-refractivity contribution in [3.8, 4) is 6.07 Å². The first-order valence-electron chi connectivity index (χ1n) is 7.82. The molecule has 1 heterocycles. The van der Waals surface area contributed by atoms with Gasteiger partial charge < -0.3 is 15.7 Å². The van der Waals surface area contributed by atoms with Crippen molar-refractivity contribution in [3.05, 3.63) is 47.4 Å². The van der Waals surface area contributed by atoms with Crippen LogP contribution >= 0.6 is 11.3 Å². The highest BCUT2D eigenvalue weighted by molar-refractivity contribution is 7.17. The third-order valence-corrected chi connectivity index (χ3v) is 4.54. The first-order chi connectivity index (χ1) is 12.5. The van der Waals surface area contributed by atoms with E-state index >= 15 is 0 Å². The van der Waals surface area contributed by atoms with Crippen LogP contribution in [0.1, 0.15) is 12.0 Å².